The minimum atomic E-state index is -0.622. The second-order valence-electron chi connectivity index (χ2n) is 5.36. The molecule has 0 aliphatic heterocycles. The number of carbonyl (C=O) groups excluding carboxylic acids is 2. The van der Waals surface area contributed by atoms with Crippen LogP contribution in [0.5, 0.6) is 0 Å². The lowest BCUT2D eigenvalue weighted by molar-refractivity contribution is -0.140. The van der Waals surface area contributed by atoms with Crippen LogP contribution >= 0.6 is 0 Å². The van der Waals surface area contributed by atoms with E-state index in [1.54, 1.807) is 20.8 Å². The van der Waals surface area contributed by atoms with Crippen LogP contribution in [0.2, 0.25) is 0 Å². The minimum Gasteiger partial charge on any atom is -0.469 e. The molecule has 9 nitrogen and oxygen atoms in total. The SMILES string of the molecule is COC(=O)CCN(CCOCCN=[N+]=[N-])C(=O)OC(C)(C)C. The Morgan fingerprint density at radius 1 is 1.23 bits per heavy atom. The maximum Gasteiger partial charge on any atom is 0.410 e. The predicted octanol–water partition coefficient (Wildman–Crippen LogP) is 2.11. The van der Waals surface area contributed by atoms with Gasteiger partial charge in [0.15, 0.2) is 0 Å². The van der Waals surface area contributed by atoms with Gasteiger partial charge >= 0.3 is 12.1 Å². The van der Waals surface area contributed by atoms with Crippen molar-refractivity contribution < 1.29 is 23.8 Å². The predicted molar refractivity (Wildman–Crippen MR) is 79.3 cm³/mol. The number of hydrogen-bond acceptors (Lipinski definition) is 6. The molecule has 0 fully saturated rings. The highest BCUT2D eigenvalue weighted by molar-refractivity contribution is 5.72. The van der Waals surface area contributed by atoms with Crippen molar-refractivity contribution in [3.8, 4) is 0 Å². The maximum atomic E-state index is 12.1. The van der Waals surface area contributed by atoms with Crippen molar-refractivity contribution in [2.45, 2.75) is 32.8 Å². The summed E-state index contributed by atoms with van der Waals surface area (Å²) in [7, 11) is 1.29. The van der Waals surface area contributed by atoms with Gasteiger partial charge in [0.2, 0.25) is 0 Å². The van der Waals surface area contributed by atoms with Crippen LogP contribution < -0.4 is 0 Å². The first-order valence-corrected chi connectivity index (χ1v) is 6.93. The largest absolute Gasteiger partial charge is 0.469 e. The number of carbonyl (C=O) groups is 2. The zero-order chi connectivity index (χ0) is 17.0. The lowest BCUT2D eigenvalue weighted by Crippen LogP contribution is -2.40. The van der Waals surface area contributed by atoms with Crippen LogP contribution in [0.3, 0.4) is 0 Å². The summed E-state index contributed by atoms with van der Waals surface area (Å²) in [5.41, 5.74) is 7.50. The second-order valence-corrected chi connectivity index (χ2v) is 5.36. The zero-order valence-corrected chi connectivity index (χ0v) is 13.6. The molecule has 0 saturated heterocycles. The molecule has 0 aliphatic carbocycles. The van der Waals surface area contributed by atoms with E-state index in [4.69, 9.17) is 15.0 Å². The summed E-state index contributed by atoms with van der Waals surface area (Å²) < 4.78 is 15.1. The van der Waals surface area contributed by atoms with Gasteiger partial charge in [-0.25, -0.2) is 4.79 Å². The first-order valence-electron chi connectivity index (χ1n) is 6.93. The quantitative estimate of drug-likeness (QED) is 0.212. The first kappa shape index (κ1) is 20.0. The van der Waals surface area contributed by atoms with Gasteiger partial charge in [0.1, 0.15) is 5.60 Å². The topological polar surface area (TPSA) is 114 Å². The van der Waals surface area contributed by atoms with Gasteiger partial charge in [-0.15, -0.1) is 0 Å². The summed E-state index contributed by atoms with van der Waals surface area (Å²) in [4.78, 5) is 27.2. The molecule has 0 aromatic carbocycles. The molecule has 0 unspecified atom stereocenters. The van der Waals surface area contributed by atoms with Crippen LogP contribution in [0.4, 0.5) is 4.79 Å². The summed E-state index contributed by atoms with van der Waals surface area (Å²) in [6.45, 7) is 6.48. The zero-order valence-electron chi connectivity index (χ0n) is 13.6. The molecule has 0 spiro atoms. The van der Waals surface area contributed by atoms with Crippen molar-refractivity contribution in [1.29, 1.82) is 0 Å². The van der Waals surface area contributed by atoms with E-state index in [2.05, 4.69) is 14.8 Å². The van der Waals surface area contributed by atoms with Gasteiger partial charge in [0.25, 0.3) is 0 Å². The molecular formula is C13H24N4O5. The fraction of sp³-hybridized carbons (Fsp3) is 0.846. The van der Waals surface area contributed by atoms with Crippen LogP contribution in [0.15, 0.2) is 5.11 Å². The molecule has 0 atom stereocenters. The van der Waals surface area contributed by atoms with E-state index < -0.39 is 17.7 Å². The van der Waals surface area contributed by atoms with Gasteiger partial charge in [-0.3, -0.25) is 4.79 Å². The molecule has 9 heteroatoms. The highest BCUT2D eigenvalue weighted by Gasteiger charge is 2.22. The Morgan fingerprint density at radius 2 is 1.91 bits per heavy atom. The van der Waals surface area contributed by atoms with E-state index in [-0.39, 0.29) is 39.3 Å². The Labute approximate surface area is 130 Å². The Morgan fingerprint density at radius 3 is 2.45 bits per heavy atom. The molecule has 126 valence electrons. The van der Waals surface area contributed by atoms with Gasteiger partial charge in [-0.05, 0) is 26.3 Å². The Bertz CT molecular complexity index is 402. The van der Waals surface area contributed by atoms with Crippen LogP contribution in [0, 0.1) is 0 Å². The number of azide groups is 1. The van der Waals surface area contributed by atoms with Gasteiger partial charge < -0.3 is 19.1 Å². The van der Waals surface area contributed by atoms with Gasteiger partial charge in [0.05, 0.1) is 26.7 Å². The smallest absolute Gasteiger partial charge is 0.410 e. The van der Waals surface area contributed by atoms with Crippen molar-refractivity contribution in [1.82, 2.24) is 4.90 Å². The molecule has 0 N–H and O–H groups in total. The van der Waals surface area contributed by atoms with Crippen LogP contribution in [-0.2, 0) is 19.0 Å². The number of hydrogen-bond donors (Lipinski definition) is 0. The number of methoxy groups -OCH3 is 1. The number of amides is 1. The third kappa shape index (κ3) is 10.8. The third-order valence-corrected chi connectivity index (χ3v) is 2.37. The molecule has 0 heterocycles. The van der Waals surface area contributed by atoms with E-state index in [9.17, 15) is 9.59 Å². The van der Waals surface area contributed by atoms with E-state index in [0.29, 0.717) is 0 Å². The summed E-state index contributed by atoms with van der Waals surface area (Å²) >= 11 is 0. The minimum absolute atomic E-state index is 0.0778. The number of rotatable bonds is 9. The van der Waals surface area contributed by atoms with Crippen molar-refractivity contribution in [2.24, 2.45) is 5.11 Å². The van der Waals surface area contributed by atoms with E-state index in [1.165, 1.54) is 12.0 Å². The molecule has 0 aromatic rings. The van der Waals surface area contributed by atoms with E-state index >= 15 is 0 Å². The average molecular weight is 316 g/mol. The average Bonchev–Trinajstić information content (AvgIpc) is 2.43. The van der Waals surface area contributed by atoms with Gasteiger partial charge in [-0.2, -0.15) is 0 Å². The lowest BCUT2D eigenvalue weighted by atomic mass is 10.2. The standard InChI is InChI=1S/C13H24N4O5/c1-13(2,3)22-12(19)17(7-5-11(18)20-4)8-10-21-9-6-15-16-14/h5-10H2,1-4H3. The van der Waals surface area contributed by atoms with Gasteiger partial charge in [-0.1, -0.05) is 5.11 Å². The molecule has 22 heavy (non-hydrogen) atoms. The Hall–Kier alpha value is -1.99. The lowest BCUT2D eigenvalue weighted by Gasteiger charge is -2.27. The molecule has 0 aliphatic rings. The number of esters is 1. The molecule has 0 bridgehead atoms. The van der Waals surface area contributed by atoms with Crippen molar-refractivity contribution in [3.63, 3.8) is 0 Å². The summed E-state index contributed by atoms with van der Waals surface area (Å²) in [6, 6.07) is 0. The molecule has 0 aromatic heterocycles. The summed E-state index contributed by atoms with van der Waals surface area (Å²) in [5.74, 6) is -0.405. The van der Waals surface area contributed by atoms with Crippen molar-refractivity contribution in [2.75, 3.05) is 40.0 Å². The summed E-state index contributed by atoms with van der Waals surface area (Å²) in [6.07, 6.45) is -0.441. The number of ether oxygens (including phenoxy) is 3. The monoisotopic (exact) mass is 316 g/mol. The molecular weight excluding hydrogens is 292 g/mol. The number of nitrogens with zero attached hydrogens (tertiary/aromatic N) is 4. The fourth-order valence-electron chi connectivity index (χ4n) is 1.38. The Kier molecular flexibility index (Phi) is 9.73. The molecule has 0 rings (SSSR count). The van der Waals surface area contributed by atoms with Crippen LogP contribution in [-0.4, -0.2) is 62.5 Å². The normalized spacial score (nSPS) is 10.5. The van der Waals surface area contributed by atoms with Crippen molar-refractivity contribution >= 4 is 12.1 Å². The Balaban J connectivity index is 4.35. The summed E-state index contributed by atoms with van der Waals surface area (Å²) in [5, 5.41) is 3.33. The maximum absolute atomic E-state index is 12.1. The fourth-order valence-corrected chi connectivity index (χ4v) is 1.38. The molecule has 1 amide bonds. The van der Waals surface area contributed by atoms with Crippen molar-refractivity contribution in [3.05, 3.63) is 10.4 Å². The molecule has 0 radical (unpaired) electrons. The van der Waals surface area contributed by atoms with Crippen LogP contribution in [0.1, 0.15) is 27.2 Å². The van der Waals surface area contributed by atoms with E-state index in [1.807, 2.05) is 0 Å². The molecule has 0 saturated carbocycles. The first-order chi connectivity index (χ1) is 10.3. The van der Waals surface area contributed by atoms with Crippen LogP contribution in [0.25, 0.3) is 10.4 Å². The third-order valence-electron chi connectivity index (χ3n) is 2.37. The highest BCUT2D eigenvalue weighted by Crippen LogP contribution is 2.10. The van der Waals surface area contributed by atoms with E-state index in [0.717, 1.165) is 0 Å². The highest BCUT2D eigenvalue weighted by atomic mass is 16.6. The second kappa shape index (κ2) is 10.7. The van der Waals surface area contributed by atoms with Gasteiger partial charge in [0, 0.05) is 24.5 Å².